The molecule has 0 aliphatic carbocycles. The van der Waals surface area contributed by atoms with E-state index in [-0.39, 0.29) is 0 Å². The van der Waals surface area contributed by atoms with E-state index in [0.717, 1.165) is 18.4 Å². The smallest absolute Gasteiger partial charge is 0.331 e. The Morgan fingerprint density at radius 1 is 1.23 bits per heavy atom. The van der Waals surface area contributed by atoms with Crippen LogP contribution in [0.3, 0.4) is 0 Å². The Hall–Kier alpha value is -1.05. The van der Waals surface area contributed by atoms with Gasteiger partial charge in [0.2, 0.25) is 0 Å². The molecule has 1 N–H and O–H groups in total. The third-order valence-electron chi connectivity index (χ3n) is 2.03. The highest BCUT2D eigenvalue weighted by Gasteiger charge is 2.03. The van der Waals surface area contributed by atoms with Crippen molar-refractivity contribution in [3.8, 4) is 0 Å². The molecule has 2 nitrogen and oxygen atoms in total. The Balaban J connectivity index is 4.15. The second kappa shape index (κ2) is 5.57. The van der Waals surface area contributed by atoms with Gasteiger partial charge in [-0.25, -0.2) is 4.79 Å². The summed E-state index contributed by atoms with van der Waals surface area (Å²) in [6.07, 6.45) is 3.89. The lowest BCUT2D eigenvalue weighted by molar-refractivity contribution is -0.132. The van der Waals surface area contributed by atoms with Crippen molar-refractivity contribution in [1.29, 1.82) is 0 Å². The van der Waals surface area contributed by atoms with Crippen LogP contribution in [-0.4, -0.2) is 11.1 Å². The van der Waals surface area contributed by atoms with Crippen LogP contribution in [0, 0.1) is 0 Å². The lowest BCUT2D eigenvalue weighted by atomic mass is 10.1. The van der Waals surface area contributed by atoms with Crippen LogP contribution in [0.5, 0.6) is 0 Å². The zero-order valence-electron chi connectivity index (χ0n) is 8.85. The standard InChI is InChI=1S/C11H18O2/c1-8(2)6-5-7-9(3)10(4)11(12)13/h6H,5,7H2,1-4H3,(H,12,13). The summed E-state index contributed by atoms with van der Waals surface area (Å²) in [5.74, 6) is -0.810. The van der Waals surface area contributed by atoms with Crippen molar-refractivity contribution in [3.63, 3.8) is 0 Å². The van der Waals surface area contributed by atoms with Gasteiger partial charge in [0, 0.05) is 5.57 Å². The fourth-order valence-corrected chi connectivity index (χ4v) is 0.947. The minimum absolute atomic E-state index is 0.474. The Morgan fingerprint density at radius 2 is 1.77 bits per heavy atom. The van der Waals surface area contributed by atoms with Gasteiger partial charge in [0.1, 0.15) is 0 Å². The Labute approximate surface area is 80.0 Å². The maximum Gasteiger partial charge on any atom is 0.331 e. The first-order valence-electron chi connectivity index (χ1n) is 4.48. The summed E-state index contributed by atoms with van der Waals surface area (Å²) < 4.78 is 0. The van der Waals surface area contributed by atoms with Gasteiger partial charge >= 0.3 is 5.97 Å². The first-order valence-corrected chi connectivity index (χ1v) is 4.48. The maximum absolute atomic E-state index is 10.6. The zero-order valence-corrected chi connectivity index (χ0v) is 8.85. The highest BCUT2D eigenvalue weighted by molar-refractivity contribution is 5.86. The maximum atomic E-state index is 10.6. The van der Waals surface area contributed by atoms with Crippen LogP contribution in [0.2, 0.25) is 0 Å². The van der Waals surface area contributed by atoms with Crippen LogP contribution >= 0.6 is 0 Å². The highest BCUT2D eigenvalue weighted by atomic mass is 16.4. The molecule has 74 valence electrons. The normalized spacial score (nSPS) is 12.0. The van der Waals surface area contributed by atoms with E-state index in [1.54, 1.807) is 6.92 Å². The molecule has 0 atom stereocenters. The summed E-state index contributed by atoms with van der Waals surface area (Å²) in [7, 11) is 0. The van der Waals surface area contributed by atoms with Crippen molar-refractivity contribution in [2.24, 2.45) is 0 Å². The fraction of sp³-hybridized carbons (Fsp3) is 0.545. The molecule has 0 aliphatic rings. The van der Waals surface area contributed by atoms with E-state index in [1.807, 2.05) is 20.8 Å². The van der Waals surface area contributed by atoms with Gasteiger partial charge in [-0.3, -0.25) is 0 Å². The molecule has 0 heterocycles. The van der Waals surface area contributed by atoms with Crippen molar-refractivity contribution >= 4 is 5.97 Å². The Kier molecular flexibility index (Phi) is 5.12. The number of carbonyl (C=O) groups is 1. The molecule has 0 rings (SSSR count). The SMILES string of the molecule is CC(C)=CCCC(C)=C(C)C(=O)O. The highest BCUT2D eigenvalue weighted by Crippen LogP contribution is 2.11. The van der Waals surface area contributed by atoms with Crippen LogP contribution in [0.1, 0.15) is 40.5 Å². The Bertz CT molecular complexity index is 243. The summed E-state index contributed by atoms with van der Waals surface area (Å²) in [6, 6.07) is 0. The molecule has 0 unspecified atom stereocenters. The average Bonchev–Trinajstić information content (AvgIpc) is 2.02. The van der Waals surface area contributed by atoms with Crippen LogP contribution in [0.25, 0.3) is 0 Å². The minimum Gasteiger partial charge on any atom is -0.478 e. The fourth-order valence-electron chi connectivity index (χ4n) is 0.947. The topological polar surface area (TPSA) is 37.3 Å². The first-order chi connectivity index (χ1) is 5.95. The minimum atomic E-state index is -0.810. The van der Waals surface area contributed by atoms with Crippen molar-refractivity contribution < 1.29 is 9.90 Å². The summed E-state index contributed by atoms with van der Waals surface area (Å²) in [4.78, 5) is 10.6. The van der Waals surface area contributed by atoms with Gasteiger partial charge in [0.25, 0.3) is 0 Å². The Morgan fingerprint density at radius 3 is 2.15 bits per heavy atom. The lowest BCUT2D eigenvalue weighted by Gasteiger charge is -2.01. The molecule has 0 spiro atoms. The summed E-state index contributed by atoms with van der Waals surface area (Å²) in [5, 5.41) is 8.69. The average molecular weight is 182 g/mol. The van der Waals surface area contributed by atoms with E-state index in [9.17, 15) is 4.79 Å². The molecule has 0 aromatic carbocycles. The predicted octanol–water partition coefficient (Wildman–Crippen LogP) is 3.15. The van der Waals surface area contributed by atoms with Crippen LogP contribution < -0.4 is 0 Å². The van der Waals surface area contributed by atoms with E-state index < -0.39 is 5.97 Å². The molecule has 0 amide bonds. The number of allylic oxidation sites excluding steroid dienone is 3. The molecule has 13 heavy (non-hydrogen) atoms. The van der Waals surface area contributed by atoms with E-state index in [2.05, 4.69) is 6.08 Å². The first kappa shape index (κ1) is 11.9. The molecule has 0 aromatic rings. The van der Waals surface area contributed by atoms with Gasteiger partial charge in [-0.2, -0.15) is 0 Å². The van der Waals surface area contributed by atoms with Crippen molar-refractivity contribution in [2.75, 3.05) is 0 Å². The van der Waals surface area contributed by atoms with E-state index >= 15 is 0 Å². The monoisotopic (exact) mass is 182 g/mol. The molecule has 0 fully saturated rings. The van der Waals surface area contributed by atoms with Crippen molar-refractivity contribution in [3.05, 3.63) is 22.8 Å². The van der Waals surface area contributed by atoms with E-state index in [0.29, 0.717) is 5.57 Å². The molecule has 0 aliphatic heterocycles. The predicted molar refractivity (Wildman–Crippen MR) is 54.7 cm³/mol. The van der Waals surface area contributed by atoms with E-state index in [4.69, 9.17) is 5.11 Å². The van der Waals surface area contributed by atoms with E-state index in [1.165, 1.54) is 5.57 Å². The van der Waals surface area contributed by atoms with Gasteiger partial charge < -0.3 is 5.11 Å². The lowest BCUT2D eigenvalue weighted by Crippen LogP contribution is -1.99. The van der Waals surface area contributed by atoms with Gasteiger partial charge in [0.05, 0.1) is 0 Å². The number of carboxylic acids is 1. The molecule has 2 heteroatoms. The van der Waals surface area contributed by atoms with Gasteiger partial charge in [-0.15, -0.1) is 0 Å². The number of aliphatic carboxylic acids is 1. The number of carboxylic acid groups (broad SMARTS) is 1. The third-order valence-corrected chi connectivity index (χ3v) is 2.03. The summed E-state index contributed by atoms with van der Waals surface area (Å²) >= 11 is 0. The molecular formula is C11H18O2. The van der Waals surface area contributed by atoms with Crippen molar-refractivity contribution in [1.82, 2.24) is 0 Å². The summed E-state index contributed by atoms with van der Waals surface area (Å²) in [6.45, 7) is 7.62. The zero-order chi connectivity index (χ0) is 10.4. The third kappa shape index (κ3) is 5.23. The molecular weight excluding hydrogens is 164 g/mol. The second-order valence-corrected chi connectivity index (χ2v) is 3.53. The van der Waals surface area contributed by atoms with Gasteiger partial charge in [-0.05, 0) is 40.5 Å². The molecule has 0 saturated carbocycles. The van der Waals surface area contributed by atoms with Crippen LogP contribution in [0.15, 0.2) is 22.8 Å². The number of rotatable bonds is 4. The molecule has 0 bridgehead atoms. The molecule has 0 aromatic heterocycles. The second-order valence-electron chi connectivity index (χ2n) is 3.53. The van der Waals surface area contributed by atoms with Crippen LogP contribution in [-0.2, 0) is 4.79 Å². The molecule has 0 radical (unpaired) electrons. The largest absolute Gasteiger partial charge is 0.478 e. The summed E-state index contributed by atoms with van der Waals surface area (Å²) in [5.41, 5.74) is 2.72. The number of hydrogen-bond donors (Lipinski definition) is 1. The van der Waals surface area contributed by atoms with Crippen molar-refractivity contribution in [2.45, 2.75) is 40.5 Å². The van der Waals surface area contributed by atoms with Gasteiger partial charge in [-0.1, -0.05) is 17.2 Å². The molecule has 0 saturated heterocycles. The van der Waals surface area contributed by atoms with Gasteiger partial charge in [0.15, 0.2) is 0 Å². The quantitative estimate of drug-likeness (QED) is 0.535. The number of hydrogen-bond acceptors (Lipinski definition) is 1. The van der Waals surface area contributed by atoms with Crippen LogP contribution in [0.4, 0.5) is 0 Å².